The molecule has 0 fully saturated rings. The summed E-state index contributed by atoms with van der Waals surface area (Å²) in [7, 11) is 1.63. The lowest BCUT2D eigenvalue weighted by Gasteiger charge is -2.25. The number of ether oxygens (including phenoxy) is 2. The van der Waals surface area contributed by atoms with E-state index in [2.05, 4.69) is 0 Å². The quantitative estimate of drug-likeness (QED) is 0.229. The van der Waals surface area contributed by atoms with Gasteiger partial charge in [0.1, 0.15) is 23.7 Å². The molecular weight excluding hydrogens is 502 g/mol. The van der Waals surface area contributed by atoms with Crippen LogP contribution in [-0.2, 0) is 13.0 Å². The maximum Gasteiger partial charge on any atom is 0.290 e. The van der Waals surface area contributed by atoms with Crippen LogP contribution in [0.3, 0.4) is 0 Å². The molecule has 0 N–H and O–H groups in total. The van der Waals surface area contributed by atoms with Gasteiger partial charge in [0.2, 0.25) is 5.76 Å². The summed E-state index contributed by atoms with van der Waals surface area (Å²) in [6, 6.07) is 30.3. The van der Waals surface area contributed by atoms with E-state index in [4.69, 9.17) is 13.9 Å². The van der Waals surface area contributed by atoms with E-state index in [0.29, 0.717) is 41.9 Å². The lowest BCUT2D eigenvalue weighted by molar-refractivity contribution is 0.0730. The van der Waals surface area contributed by atoms with Crippen LogP contribution in [0.5, 0.6) is 11.5 Å². The summed E-state index contributed by atoms with van der Waals surface area (Å²) >= 11 is 0. The van der Waals surface area contributed by atoms with Gasteiger partial charge in [-0.3, -0.25) is 9.59 Å². The van der Waals surface area contributed by atoms with E-state index in [0.717, 1.165) is 28.0 Å². The summed E-state index contributed by atoms with van der Waals surface area (Å²) in [5.74, 6) is 1.32. The summed E-state index contributed by atoms with van der Waals surface area (Å²) in [4.78, 5) is 29.3. The van der Waals surface area contributed by atoms with Crippen molar-refractivity contribution in [3.05, 3.63) is 141 Å². The summed E-state index contributed by atoms with van der Waals surface area (Å²) in [5.41, 5.74) is 4.55. The van der Waals surface area contributed by atoms with Gasteiger partial charge < -0.3 is 18.8 Å². The van der Waals surface area contributed by atoms with Crippen molar-refractivity contribution in [2.24, 2.45) is 0 Å². The van der Waals surface area contributed by atoms with Crippen LogP contribution in [0.25, 0.3) is 11.0 Å². The fourth-order valence-electron chi connectivity index (χ4n) is 5.24. The molecule has 200 valence electrons. The number of hydrogen-bond donors (Lipinski definition) is 0. The molecule has 0 bridgehead atoms. The molecule has 0 saturated carbocycles. The number of hydrogen-bond acceptors (Lipinski definition) is 5. The Balaban J connectivity index is 1.35. The van der Waals surface area contributed by atoms with E-state index >= 15 is 0 Å². The van der Waals surface area contributed by atoms with Crippen molar-refractivity contribution in [3.8, 4) is 11.5 Å². The van der Waals surface area contributed by atoms with Crippen LogP contribution in [0.1, 0.15) is 44.4 Å². The molecule has 6 rings (SSSR count). The van der Waals surface area contributed by atoms with E-state index in [9.17, 15) is 9.59 Å². The number of nitrogens with zero attached hydrogens (tertiary/aromatic N) is 1. The molecule has 6 nitrogen and oxygen atoms in total. The van der Waals surface area contributed by atoms with Gasteiger partial charge in [-0.15, -0.1) is 0 Å². The van der Waals surface area contributed by atoms with Gasteiger partial charge in [0.15, 0.2) is 5.43 Å². The van der Waals surface area contributed by atoms with Crippen LogP contribution >= 0.6 is 0 Å². The third-order valence-electron chi connectivity index (χ3n) is 7.37. The Labute approximate surface area is 232 Å². The maximum absolute atomic E-state index is 13.8. The summed E-state index contributed by atoms with van der Waals surface area (Å²) in [6.45, 7) is 2.80. The minimum atomic E-state index is -0.565. The molecule has 1 aliphatic rings. The second kappa shape index (κ2) is 10.7. The van der Waals surface area contributed by atoms with Crippen molar-refractivity contribution in [1.29, 1.82) is 0 Å². The van der Waals surface area contributed by atoms with Gasteiger partial charge in [0.05, 0.1) is 24.1 Å². The van der Waals surface area contributed by atoms with Crippen LogP contribution < -0.4 is 14.9 Å². The fraction of sp³-hybridized carbons (Fsp3) is 0.176. The molecule has 1 aliphatic heterocycles. The average molecular weight is 532 g/mol. The monoisotopic (exact) mass is 531 g/mol. The Kier molecular flexibility index (Phi) is 6.83. The van der Waals surface area contributed by atoms with Gasteiger partial charge >= 0.3 is 0 Å². The zero-order valence-electron chi connectivity index (χ0n) is 22.4. The number of benzene rings is 4. The summed E-state index contributed by atoms with van der Waals surface area (Å²) in [6.07, 6.45) is 0.616. The number of carbonyl (C=O) groups is 1. The van der Waals surface area contributed by atoms with Gasteiger partial charge in [-0.1, -0.05) is 66.2 Å². The highest BCUT2D eigenvalue weighted by molar-refractivity contribution is 5.99. The Bertz CT molecular complexity index is 1720. The normalized spacial score (nSPS) is 14.4. The van der Waals surface area contributed by atoms with Crippen LogP contribution in [0, 0.1) is 6.92 Å². The molecule has 2 heterocycles. The van der Waals surface area contributed by atoms with Gasteiger partial charge in [-0.2, -0.15) is 0 Å². The van der Waals surface area contributed by atoms with E-state index in [1.807, 2.05) is 97.9 Å². The lowest BCUT2D eigenvalue weighted by Crippen LogP contribution is -2.31. The van der Waals surface area contributed by atoms with E-state index < -0.39 is 6.04 Å². The molecule has 6 heteroatoms. The number of rotatable bonds is 8. The van der Waals surface area contributed by atoms with Crippen molar-refractivity contribution in [2.75, 3.05) is 13.7 Å². The first-order valence-electron chi connectivity index (χ1n) is 13.3. The minimum Gasteiger partial charge on any atom is -0.497 e. The molecule has 0 spiro atoms. The second-order valence-electron chi connectivity index (χ2n) is 10.0. The number of carbonyl (C=O) groups excluding carboxylic acids is 1. The van der Waals surface area contributed by atoms with Crippen LogP contribution in [0.15, 0.2) is 106 Å². The number of amides is 1. The Morgan fingerprint density at radius 3 is 2.27 bits per heavy atom. The molecule has 4 aromatic carbocycles. The smallest absolute Gasteiger partial charge is 0.290 e. The SMILES string of the molecule is COc1ccc(CCN2C(=O)c3oc4ccc(C)cc4c(=O)c3C2c2ccc(OCc3ccccc3)cc2)cc1. The Morgan fingerprint density at radius 1 is 0.825 bits per heavy atom. The Hall–Kier alpha value is -4.84. The predicted molar refractivity (Wildman–Crippen MR) is 154 cm³/mol. The van der Waals surface area contributed by atoms with Crippen molar-refractivity contribution >= 4 is 16.9 Å². The van der Waals surface area contributed by atoms with Gasteiger partial charge in [0.25, 0.3) is 5.91 Å². The number of methoxy groups -OCH3 is 1. The highest BCUT2D eigenvalue weighted by Crippen LogP contribution is 2.39. The van der Waals surface area contributed by atoms with Crippen molar-refractivity contribution < 1.29 is 18.7 Å². The first-order chi connectivity index (χ1) is 19.5. The third-order valence-corrected chi connectivity index (χ3v) is 7.37. The molecule has 0 radical (unpaired) electrons. The summed E-state index contributed by atoms with van der Waals surface area (Å²) < 4.78 is 17.3. The van der Waals surface area contributed by atoms with E-state index in [1.165, 1.54) is 0 Å². The molecule has 1 unspecified atom stereocenters. The molecule has 0 aliphatic carbocycles. The number of aryl methyl sites for hydroxylation is 1. The number of fused-ring (bicyclic) bond motifs is 2. The average Bonchev–Trinajstić information content (AvgIpc) is 3.27. The third kappa shape index (κ3) is 4.84. The Morgan fingerprint density at radius 2 is 1.55 bits per heavy atom. The topological polar surface area (TPSA) is 69.0 Å². The van der Waals surface area contributed by atoms with Gasteiger partial charge in [0, 0.05) is 6.54 Å². The largest absolute Gasteiger partial charge is 0.497 e. The summed E-state index contributed by atoms with van der Waals surface area (Å²) in [5, 5.41) is 0.483. The first-order valence-corrected chi connectivity index (χ1v) is 13.3. The molecule has 1 aromatic heterocycles. The van der Waals surface area contributed by atoms with Crippen LogP contribution in [-0.4, -0.2) is 24.5 Å². The van der Waals surface area contributed by atoms with Gasteiger partial charge in [-0.25, -0.2) is 0 Å². The standard InChI is InChI=1S/C34H29NO5/c1-22-8-17-29-28(20-22)32(36)30-31(25-11-15-27(16-12-25)39-21-24-6-4-3-5-7-24)35(34(37)33(30)40-29)19-18-23-9-13-26(38-2)14-10-23/h3-17,20,31H,18-19,21H2,1-2H3. The van der Waals surface area contributed by atoms with Crippen molar-refractivity contribution in [3.63, 3.8) is 0 Å². The lowest BCUT2D eigenvalue weighted by atomic mass is 9.98. The zero-order chi connectivity index (χ0) is 27.6. The molecule has 40 heavy (non-hydrogen) atoms. The van der Waals surface area contributed by atoms with E-state index in [1.54, 1.807) is 18.1 Å². The molecule has 1 amide bonds. The van der Waals surface area contributed by atoms with Crippen molar-refractivity contribution in [2.45, 2.75) is 26.0 Å². The first kappa shape index (κ1) is 25.4. The predicted octanol–water partition coefficient (Wildman–Crippen LogP) is 6.48. The fourth-order valence-corrected chi connectivity index (χ4v) is 5.24. The molecule has 5 aromatic rings. The highest BCUT2D eigenvalue weighted by Gasteiger charge is 2.42. The molecule has 1 atom stereocenters. The van der Waals surface area contributed by atoms with Crippen LogP contribution in [0.2, 0.25) is 0 Å². The highest BCUT2D eigenvalue weighted by atomic mass is 16.5. The van der Waals surface area contributed by atoms with E-state index in [-0.39, 0.29) is 17.1 Å². The van der Waals surface area contributed by atoms with Gasteiger partial charge in [-0.05, 0) is 66.4 Å². The van der Waals surface area contributed by atoms with Crippen LogP contribution in [0.4, 0.5) is 0 Å². The molecular formula is C34H29NO5. The maximum atomic E-state index is 13.8. The molecule has 0 saturated heterocycles. The van der Waals surface area contributed by atoms with Crippen molar-refractivity contribution in [1.82, 2.24) is 4.90 Å². The minimum absolute atomic E-state index is 0.116. The second-order valence-corrected chi connectivity index (χ2v) is 10.0. The zero-order valence-corrected chi connectivity index (χ0v) is 22.4.